The molecule has 0 spiro atoms. The topological polar surface area (TPSA) is 73.3 Å². The van der Waals surface area contributed by atoms with Gasteiger partial charge in [-0.25, -0.2) is 4.98 Å². The Balaban J connectivity index is 1.18. The highest BCUT2D eigenvalue weighted by Gasteiger charge is 2.43. The molecule has 0 radical (unpaired) electrons. The number of aromatic hydroxyl groups is 1. The van der Waals surface area contributed by atoms with E-state index in [0.717, 1.165) is 61.8 Å². The van der Waals surface area contributed by atoms with Crippen molar-refractivity contribution in [3.05, 3.63) is 162 Å². The number of benzene rings is 6. The van der Waals surface area contributed by atoms with E-state index in [2.05, 4.69) is 120 Å². The number of anilines is 3. The molecule has 8 rings (SSSR count). The first kappa shape index (κ1) is 39.2. The highest BCUT2D eigenvalue weighted by Crippen LogP contribution is 2.55. The van der Waals surface area contributed by atoms with Gasteiger partial charge in [0.1, 0.15) is 10.8 Å². The number of rotatable bonds is 18. The third-order valence-corrected chi connectivity index (χ3v) is 11.9. The van der Waals surface area contributed by atoms with Crippen LogP contribution in [0.3, 0.4) is 0 Å². The van der Waals surface area contributed by atoms with Gasteiger partial charge in [0.05, 0.1) is 42.2 Å². The molecule has 0 atom stereocenters. The normalized spacial score (nSPS) is 12.9. The van der Waals surface area contributed by atoms with Crippen LogP contribution in [-0.4, -0.2) is 64.0 Å². The van der Waals surface area contributed by atoms with Crippen molar-refractivity contribution >= 4 is 50.8 Å². The van der Waals surface area contributed by atoms with Crippen molar-refractivity contribution in [2.75, 3.05) is 58.8 Å². The Kier molecular flexibility index (Phi) is 12.4. The standard InChI is InChI=1S/C50H48N2O5S/c1-54-29-31-56-27-25-50(26-28-57-32-30-55-2)44-33-36(17-18-37-20-23-43(47(53)34-37)49-51-46-15-9-10-16-48(46)58-49)19-22-41(44)42-24-21-40(35-45(42)50)52(38-11-5-3-6-12-38)39-13-7-4-8-14-39/h3-24,33-35,53H,25-32H2,1-2H3/b18-17+. The van der Waals surface area contributed by atoms with Crippen molar-refractivity contribution in [1.82, 2.24) is 4.98 Å². The lowest BCUT2D eigenvalue weighted by molar-refractivity contribution is 0.0491. The molecule has 1 aliphatic rings. The summed E-state index contributed by atoms with van der Waals surface area (Å²) in [6.07, 6.45) is 5.71. The molecule has 294 valence electrons. The van der Waals surface area contributed by atoms with Crippen LogP contribution in [0.5, 0.6) is 5.75 Å². The number of hydrogen-bond acceptors (Lipinski definition) is 8. The zero-order valence-corrected chi connectivity index (χ0v) is 33.8. The number of aromatic nitrogens is 1. The number of nitrogens with zero attached hydrogens (tertiary/aromatic N) is 2. The maximum Gasteiger partial charge on any atom is 0.128 e. The van der Waals surface area contributed by atoms with Crippen LogP contribution in [0, 0.1) is 0 Å². The molecule has 0 saturated heterocycles. The average molecular weight is 789 g/mol. The largest absolute Gasteiger partial charge is 0.507 e. The number of para-hydroxylation sites is 3. The van der Waals surface area contributed by atoms with Crippen molar-refractivity contribution in [3.8, 4) is 27.4 Å². The van der Waals surface area contributed by atoms with Crippen molar-refractivity contribution in [2.45, 2.75) is 18.3 Å². The summed E-state index contributed by atoms with van der Waals surface area (Å²) in [5, 5.41) is 11.9. The SMILES string of the molecule is COCCOCCC1(CCOCCOC)c2cc(/C=C/c3ccc(-c4nc5ccccc5s4)c(O)c3)ccc2-c2ccc(N(c3ccccc3)c3ccccc3)cc21. The van der Waals surface area contributed by atoms with E-state index >= 15 is 0 Å². The second kappa shape index (κ2) is 18.3. The minimum absolute atomic E-state index is 0.211. The van der Waals surface area contributed by atoms with Crippen LogP contribution in [0.25, 0.3) is 44.1 Å². The van der Waals surface area contributed by atoms with E-state index in [1.54, 1.807) is 25.6 Å². The lowest BCUT2D eigenvalue weighted by atomic mass is 9.72. The molecular formula is C50H48N2O5S. The minimum atomic E-state index is -0.402. The van der Waals surface area contributed by atoms with Crippen molar-refractivity contribution < 1.29 is 24.1 Å². The summed E-state index contributed by atoms with van der Waals surface area (Å²) in [7, 11) is 3.40. The van der Waals surface area contributed by atoms with E-state index in [4.69, 9.17) is 23.9 Å². The van der Waals surface area contributed by atoms with E-state index in [9.17, 15) is 5.11 Å². The van der Waals surface area contributed by atoms with Crippen LogP contribution in [0.2, 0.25) is 0 Å². The van der Waals surface area contributed by atoms with Crippen LogP contribution >= 0.6 is 11.3 Å². The second-order valence-corrected chi connectivity index (χ2v) is 15.5. The van der Waals surface area contributed by atoms with Gasteiger partial charge in [-0.15, -0.1) is 11.3 Å². The number of phenols is 1. The number of hydrogen-bond donors (Lipinski definition) is 1. The number of thiazole rings is 1. The first-order chi connectivity index (χ1) is 28.6. The van der Waals surface area contributed by atoms with Crippen molar-refractivity contribution in [1.29, 1.82) is 0 Å². The Morgan fingerprint density at radius 2 is 1.12 bits per heavy atom. The fourth-order valence-corrected chi connectivity index (χ4v) is 9.00. The molecule has 0 amide bonds. The molecule has 1 aromatic heterocycles. The molecule has 1 N–H and O–H groups in total. The van der Waals surface area contributed by atoms with Gasteiger partial charge < -0.3 is 29.0 Å². The van der Waals surface area contributed by atoms with Crippen LogP contribution < -0.4 is 4.90 Å². The molecule has 0 saturated carbocycles. The Labute approximate surface area is 344 Å². The number of phenolic OH excluding ortho intramolecular Hbond substituents is 1. The van der Waals surface area contributed by atoms with Crippen LogP contribution in [0.4, 0.5) is 17.1 Å². The summed E-state index contributed by atoms with van der Waals surface area (Å²) in [6, 6.07) is 48.6. The van der Waals surface area contributed by atoms with E-state index in [-0.39, 0.29) is 5.75 Å². The smallest absolute Gasteiger partial charge is 0.128 e. The number of ether oxygens (including phenoxy) is 4. The van der Waals surface area contributed by atoms with E-state index in [1.807, 2.05) is 36.4 Å². The summed E-state index contributed by atoms with van der Waals surface area (Å²) < 4.78 is 24.2. The Morgan fingerprint density at radius 1 is 0.569 bits per heavy atom. The molecular weight excluding hydrogens is 741 g/mol. The molecule has 8 heteroatoms. The third-order valence-electron chi connectivity index (χ3n) is 10.9. The van der Waals surface area contributed by atoms with E-state index in [0.29, 0.717) is 39.6 Å². The molecule has 0 unspecified atom stereocenters. The van der Waals surface area contributed by atoms with Gasteiger partial charge in [-0.2, -0.15) is 0 Å². The van der Waals surface area contributed by atoms with Crippen molar-refractivity contribution in [2.24, 2.45) is 0 Å². The third kappa shape index (κ3) is 8.34. The predicted octanol–water partition coefficient (Wildman–Crippen LogP) is 11.7. The number of methoxy groups -OCH3 is 2. The van der Waals surface area contributed by atoms with Gasteiger partial charge in [0.2, 0.25) is 0 Å². The zero-order valence-electron chi connectivity index (χ0n) is 33.0. The Bertz CT molecular complexity index is 2400. The fourth-order valence-electron chi connectivity index (χ4n) is 8.00. The summed E-state index contributed by atoms with van der Waals surface area (Å²) in [5.74, 6) is 0.211. The molecule has 1 heterocycles. The highest BCUT2D eigenvalue weighted by molar-refractivity contribution is 7.21. The monoisotopic (exact) mass is 788 g/mol. The molecule has 58 heavy (non-hydrogen) atoms. The molecule has 0 fully saturated rings. The highest BCUT2D eigenvalue weighted by atomic mass is 32.1. The molecule has 7 nitrogen and oxygen atoms in total. The summed E-state index contributed by atoms with van der Waals surface area (Å²) in [4.78, 5) is 7.08. The summed E-state index contributed by atoms with van der Waals surface area (Å²) >= 11 is 1.58. The maximum atomic E-state index is 11.1. The van der Waals surface area contributed by atoms with E-state index in [1.165, 1.54) is 22.3 Å². The zero-order chi connectivity index (χ0) is 39.7. The number of fused-ring (bicyclic) bond motifs is 4. The van der Waals surface area contributed by atoms with Gasteiger partial charge in [0.25, 0.3) is 0 Å². The van der Waals surface area contributed by atoms with Gasteiger partial charge in [0.15, 0.2) is 0 Å². The van der Waals surface area contributed by atoms with Gasteiger partial charge in [0, 0.05) is 49.9 Å². The minimum Gasteiger partial charge on any atom is -0.507 e. The first-order valence-corrected chi connectivity index (χ1v) is 20.6. The van der Waals surface area contributed by atoms with Crippen molar-refractivity contribution in [3.63, 3.8) is 0 Å². The fraction of sp³-hybridized carbons (Fsp3) is 0.220. The Hall–Kier alpha value is -5.61. The maximum absolute atomic E-state index is 11.1. The first-order valence-electron chi connectivity index (χ1n) is 19.8. The molecule has 6 aromatic carbocycles. The van der Waals surface area contributed by atoms with Gasteiger partial charge in [-0.1, -0.05) is 91.0 Å². The van der Waals surface area contributed by atoms with Crippen LogP contribution in [-0.2, 0) is 24.4 Å². The van der Waals surface area contributed by atoms with Crippen LogP contribution in [0.1, 0.15) is 35.1 Å². The van der Waals surface area contributed by atoms with Crippen LogP contribution in [0.15, 0.2) is 140 Å². The predicted molar refractivity (Wildman–Crippen MR) is 238 cm³/mol. The second-order valence-electron chi connectivity index (χ2n) is 14.4. The van der Waals surface area contributed by atoms with E-state index < -0.39 is 5.41 Å². The summed E-state index contributed by atoms with van der Waals surface area (Å²) in [5.41, 5.74) is 11.5. The molecule has 1 aliphatic carbocycles. The molecule has 0 bridgehead atoms. The molecule has 0 aliphatic heterocycles. The lowest BCUT2D eigenvalue weighted by Gasteiger charge is -2.34. The lowest BCUT2D eigenvalue weighted by Crippen LogP contribution is -2.30. The van der Waals surface area contributed by atoms with Gasteiger partial charge in [-0.3, -0.25) is 0 Å². The van der Waals surface area contributed by atoms with Gasteiger partial charge >= 0.3 is 0 Å². The Morgan fingerprint density at radius 3 is 1.72 bits per heavy atom. The molecule has 7 aromatic rings. The average Bonchev–Trinajstić information content (AvgIpc) is 3.80. The van der Waals surface area contributed by atoms with Gasteiger partial charge in [-0.05, 0) is 107 Å². The quantitative estimate of drug-likeness (QED) is 0.0686. The summed E-state index contributed by atoms with van der Waals surface area (Å²) in [6.45, 7) is 3.26.